The third-order valence-corrected chi connectivity index (χ3v) is 5.70. The Labute approximate surface area is 97.8 Å². The second-order valence-electron chi connectivity index (χ2n) is 4.90. The summed E-state index contributed by atoms with van der Waals surface area (Å²) in [5.74, 6) is 0.421. The molecule has 0 aromatic heterocycles. The average Bonchev–Trinajstić information content (AvgIpc) is 2.75. The van der Waals surface area contributed by atoms with Crippen LogP contribution >= 0.6 is 0 Å². The number of piperidine rings is 1. The molecule has 2 atom stereocenters. The number of rotatable bonds is 2. The Hall–Kier alpha value is -0.170. The van der Waals surface area contributed by atoms with Crippen LogP contribution < -0.4 is 5.73 Å². The first-order valence-corrected chi connectivity index (χ1v) is 7.42. The molecule has 6 heteroatoms. The van der Waals surface area contributed by atoms with E-state index in [1.807, 2.05) is 0 Å². The molecule has 0 aliphatic carbocycles. The maximum Gasteiger partial charge on any atom is 0.282 e. The molecule has 0 bridgehead atoms. The molecule has 2 aliphatic rings. The van der Waals surface area contributed by atoms with Crippen LogP contribution in [-0.4, -0.2) is 49.2 Å². The summed E-state index contributed by atoms with van der Waals surface area (Å²) >= 11 is 0. The number of hydrogen-bond acceptors (Lipinski definition) is 3. The van der Waals surface area contributed by atoms with Crippen molar-refractivity contribution in [2.75, 3.05) is 26.2 Å². The minimum absolute atomic E-state index is 0.0221. The van der Waals surface area contributed by atoms with Crippen molar-refractivity contribution in [2.24, 2.45) is 11.7 Å². The van der Waals surface area contributed by atoms with Crippen molar-refractivity contribution in [1.29, 1.82) is 0 Å². The van der Waals surface area contributed by atoms with E-state index in [2.05, 4.69) is 6.92 Å². The van der Waals surface area contributed by atoms with Gasteiger partial charge in [0, 0.05) is 32.2 Å². The van der Waals surface area contributed by atoms with E-state index in [-0.39, 0.29) is 6.04 Å². The van der Waals surface area contributed by atoms with Crippen LogP contribution in [0.2, 0.25) is 0 Å². The van der Waals surface area contributed by atoms with Crippen LogP contribution in [0.4, 0.5) is 0 Å². The van der Waals surface area contributed by atoms with Crippen LogP contribution in [-0.2, 0) is 10.2 Å². The molecule has 94 valence electrons. The van der Waals surface area contributed by atoms with Gasteiger partial charge >= 0.3 is 0 Å². The monoisotopic (exact) mass is 247 g/mol. The average molecular weight is 247 g/mol. The van der Waals surface area contributed by atoms with Crippen LogP contribution in [0, 0.1) is 5.92 Å². The molecule has 2 saturated heterocycles. The summed E-state index contributed by atoms with van der Waals surface area (Å²) < 4.78 is 27.6. The molecule has 2 fully saturated rings. The third kappa shape index (κ3) is 2.25. The van der Waals surface area contributed by atoms with Crippen molar-refractivity contribution in [3.8, 4) is 0 Å². The van der Waals surface area contributed by atoms with Gasteiger partial charge in [0.2, 0.25) is 0 Å². The lowest BCUT2D eigenvalue weighted by Gasteiger charge is -2.36. The highest BCUT2D eigenvalue weighted by Gasteiger charge is 2.35. The van der Waals surface area contributed by atoms with E-state index in [1.54, 1.807) is 8.61 Å². The molecular formula is C10H21N3O2S. The zero-order valence-electron chi connectivity index (χ0n) is 9.80. The third-order valence-electron chi connectivity index (χ3n) is 3.70. The Morgan fingerprint density at radius 2 is 1.75 bits per heavy atom. The zero-order valence-corrected chi connectivity index (χ0v) is 10.6. The zero-order chi connectivity index (χ0) is 11.8. The first kappa shape index (κ1) is 12.3. The van der Waals surface area contributed by atoms with Crippen LogP contribution in [0.3, 0.4) is 0 Å². The van der Waals surface area contributed by atoms with Crippen molar-refractivity contribution in [3.05, 3.63) is 0 Å². The standard InChI is InChI=1S/C10H21N3O2S/c1-9-4-7-13(8-10(9)11)16(14,15)12-5-2-3-6-12/h9-10H,2-8,11H2,1H3. The van der Waals surface area contributed by atoms with Crippen molar-refractivity contribution in [2.45, 2.75) is 32.2 Å². The van der Waals surface area contributed by atoms with Crippen molar-refractivity contribution >= 4 is 10.2 Å². The van der Waals surface area contributed by atoms with Gasteiger partial charge in [0.25, 0.3) is 10.2 Å². The minimum Gasteiger partial charge on any atom is -0.326 e. The minimum atomic E-state index is -3.23. The van der Waals surface area contributed by atoms with Gasteiger partial charge in [-0.05, 0) is 25.2 Å². The Balaban J connectivity index is 2.06. The van der Waals surface area contributed by atoms with Gasteiger partial charge in [-0.2, -0.15) is 17.0 Å². The fraction of sp³-hybridized carbons (Fsp3) is 1.00. The lowest BCUT2D eigenvalue weighted by molar-refractivity contribution is 0.240. The maximum atomic E-state index is 12.2. The van der Waals surface area contributed by atoms with Crippen LogP contribution in [0.5, 0.6) is 0 Å². The van der Waals surface area contributed by atoms with Crippen molar-refractivity contribution in [3.63, 3.8) is 0 Å². The van der Waals surface area contributed by atoms with Gasteiger partial charge in [-0.1, -0.05) is 6.92 Å². The Kier molecular flexibility index (Phi) is 3.53. The first-order valence-electron chi connectivity index (χ1n) is 6.02. The fourth-order valence-corrected chi connectivity index (χ4v) is 4.10. The number of nitrogens with zero attached hydrogens (tertiary/aromatic N) is 2. The Morgan fingerprint density at radius 1 is 1.12 bits per heavy atom. The molecular weight excluding hydrogens is 226 g/mol. The maximum absolute atomic E-state index is 12.2. The van der Waals surface area contributed by atoms with Gasteiger partial charge in [-0.3, -0.25) is 0 Å². The molecule has 2 rings (SSSR count). The van der Waals surface area contributed by atoms with E-state index >= 15 is 0 Å². The molecule has 5 nitrogen and oxygen atoms in total. The molecule has 0 aromatic carbocycles. The predicted octanol–water partition coefficient (Wildman–Crippen LogP) is -0.00390. The van der Waals surface area contributed by atoms with E-state index in [0.717, 1.165) is 19.3 Å². The first-order chi connectivity index (χ1) is 7.51. The highest BCUT2D eigenvalue weighted by atomic mass is 32.2. The van der Waals surface area contributed by atoms with E-state index in [9.17, 15) is 8.42 Å². The smallest absolute Gasteiger partial charge is 0.282 e. The van der Waals surface area contributed by atoms with Crippen molar-refractivity contribution in [1.82, 2.24) is 8.61 Å². The van der Waals surface area contributed by atoms with Crippen LogP contribution in [0.1, 0.15) is 26.2 Å². The molecule has 0 saturated carbocycles. The summed E-state index contributed by atoms with van der Waals surface area (Å²) in [6, 6.07) is -0.0221. The summed E-state index contributed by atoms with van der Waals surface area (Å²) in [6.45, 7) is 4.52. The van der Waals surface area contributed by atoms with E-state index in [0.29, 0.717) is 32.1 Å². The SMILES string of the molecule is CC1CCN(S(=O)(=O)N2CCCC2)CC1N. The van der Waals surface area contributed by atoms with Gasteiger partial charge in [-0.25, -0.2) is 0 Å². The molecule has 0 amide bonds. The van der Waals surface area contributed by atoms with Crippen LogP contribution in [0.25, 0.3) is 0 Å². The Bertz CT molecular complexity index is 338. The summed E-state index contributed by atoms with van der Waals surface area (Å²) in [5, 5.41) is 0. The summed E-state index contributed by atoms with van der Waals surface area (Å²) in [5.41, 5.74) is 5.94. The van der Waals surface area contributed by atoms with Gasteiger partial charge in [-0.15, -0.1) is 0 Å². The van der Waals surface area contributed by atoms with Gasteiger partial charge < -0.3 is 5.73 Å². The molecule has 2 aliphatic heterocycles. The molecule has 0 spiro atoms. The van der Waals surface area contributed by atoms with Gasteiger partial charge in [0.1, 0.15) is 0 Å². The lowest BCUT2D eigenvalue weighted by atomic mass is 9.96. The van der Waals surface area contributed by atoms with Crippen LogP contribution in [0.15, 0.2) is 0 Å². The van der Waals surface area contributed by atoms with E-state index in [4.69, 9.17) is 5.73 Å². The molecule has 0 aromatic rings. The van der Waals surface area contributed by atoms with Gasteiger partial charge in [0.15, 0.2) is 0 Å². The molecule has 2 unspecified atom stereocenters. The topological polar surface area (TPSA) is 66.6 Å². The second kappa shape index (κ2) is 4.60. The normalized spacial score (nSPS) is 34.4. The number of hydrogen-bond donors (Lipinski definition) is 1. The highest BCUT2D eigenvalue weighted by Crippen LogP contribution is 2.22. The lowest BCUT2D eigenvalue weighted by Crippen LogP contribution is -2.53. The fourth-order valence-electron chi connectivity index (χ4n) is 2.36. The summed E-state index contributed by atoms with van der Waals surface area (Å²) in [4.78, 5) is 0. The summed E-state index contributed by atoms with van der Waals surface area (Å²) in [6.07, 6.45) is 2.83. The summed E-state index contributed by atoms with van der Waals surface area (Å²) in [7, 11) is -3.23. The number of nitrogens with two attached hydrogens (primary N) is 1. The largest absolute Gasteiger partial charge is 0.326 e. The Morgan fingerprint density at radius 3 is 2.31 bits per heavy atom. The van der Waals surface area contributed by atoms with Gasteiger partial charge in [0.05, 0.1) is 0 Å². The second-order valence-corrected chi connectivity index (χ2v) is 6.83. The molecule has 16 heavy (non-hydrogen) atoms. The molecule has 2 N–H and O–H groups in total. The quantitative estimate of drug-likeness (QED) is 0.746. The van der Waals surface area contributed by atoms with E-state index < -0.39 is 10.2 Å². The van der Waals surface area contributed by atoms with Crippen molar-refractivity contribution < 1.29 is 8.42 Å². The van der Waals surface area contributed by atoms with E-state index in [1.165, 1.54) is 0 Å². The molecule has 2 heterocycles. The molecule has 0 radical (unpaired) electrons. The predicted molar refractivity (Wildman–Crippen MR) is 63.1 cm³/mol. The highest BCUT2D eigenvalue weighted by molar-refractivity contribution is 7.86.